The highest BCUT2D eigenvalue weighted by atomic mass is 33.1. The van der Waals surface area contributed by atoms with Gasteiger partial charge in [-0.1, -0.05) is 63.1 Å². The maximum absolute atomic E-state index is 5.51. The molecule has 2 nitrogen and oxygen atoms in total. The molecule has 0 aliphatic carbocycles. The third-order valence-electron chi connectivity index (χ3n) is 2.07. The van der Waals surface area contributed by atoms with Crippen molar-refractivity contribution in [2.45, 2.75) is 52.4 Å². The Balaban J connectivity index is 4.30. The molecule has 0 aromatic heterocycles. The Morgan fingerprint density at radius 3 is 1.06 bits per heavy atom. The van der Waals surface area contributed by atoms with Crippen molar-refractivity contribution in [2.75, 3.05) is 14.2 Å². The largest absolute Gasteiger partial charge is 0.369 e. The average Bonchev–Trinajstić information content (AvgIpc) is 2.08. The molecule has 0 fully saturated rings. The number of hydrogen-bond donors (Lipinski definition) is 0. The van der Waals surface area contributed by atoms with Crippen molar-refractivity contribution in [1.29, 1.82) is 0 Å². The fraction of sp³-hybridized carbons (Fsp3) is 1.00. The van der Waals surface area contributed by atoms with Gasteiger partial charge in [0.05, 0.1) is 0 Å². The average molecular weight is 266 g/mol. The molecule has 0 radical (unpaired) electrons. The van der Waals surface area contributed by atoms with Gasteiger partial charge in [0.1, 0.15) is 10.9 Å². The Kier molecular flexibility index (Phi) is 6.78. The van der Waals surface area contributed by atoms with Crippen LogP contribution in [0.2, 0.25) is 0 Å². The number of methoxy groups -OCH3 is 2. The van der Waals surface area contributed by atoms with Gasteiger partial charge in [-0.3, -0.25) is 0 Å². The summed E-state index contributed by atoms with van der Waals surface area (Å²) < 4.78 is 11.0. The molecule has 0 aliphatic rings. The molecule has 0 N–H and O–H groups in total. The van der Waals surface area contributed by atoms with Gasteiger partial charge in [-0.2, -0.15) is 0 Å². The van der Waals surface area contributed by atoms with Crippen LogP contribution in [0.3, 0.4) is 0 Å². The van der Waals surface area contributed by atoms with E-state index in [0.717, 1.165) is 0 Å². The van der Waals surface area contributed by atoms with Gasteiger partial charge < -0.3 is 9.47 Å². The third-order valence-corrected chi connectivity index (χ3v) is 5.71. The zero-order valence-electron chi connectivity index (χ0n) is 11.8. The van der Waals surface area contributed by atoms with E-state index in [9.17, 15) is 0 Å². The number of ether oxygens (including phenoxy) is 2. The third kappa shape index (κ3) is 5.80. The van der Waals surface area contributed by atoms with Crippen molar-refractivity contribution in [3.63, 3.8) is 0 Å². The van der Waals surface area contributed by atoms with E-state index < -0.39 is 0 Å². The topological polar surface area (TPSA) is 18.5 Å². The summed E-state index contributed by atoms with van der Waals surface area (Å²) in [5.41, 5.74) is 0.639. The summed E-state index contributed by atoms with van der Waals surface area (Å²) in [4.78, 5) is 0. The van der Waals surface area contributed by atoms with Crippen LogP contribution in [-0.4, -0.2) is 25.1 Å². The summed E-state index contributed by atoms with van der Waals surface area (Å²) in [5.74, 6) is 0. The molecular formula is C12H26O2S2. The second kappa shape index (κ2) is 6.53. The normalized spacial score (nSPS) is 17.2. The maximum atomic E-state index is 5.51. The van der Waals surface area contributed by atoms with Crippen LogP contribution < -0.4 is 0 Å². The Morgan fingerprint density at radius 1 is 0.688 bits per heavy atom. The van der Waals surface area contributed by atoms with Gasteiger partial charge in [0, 0.05) is 14.2 Å². The summed E-state index contributed by atoms with van der Waals surface area (Å²) in [7, 11) is 7.05. The molecule has 0 bridgehead atoms. The lowest BCUT2D eigenvalue weighted by molar-refractivity contribution is 0.0838. The summed E-state index contributed by atoms with van der Waals surface area (Å²) in [6, 6.07) is 0. The molecule has 0 heterocycles. The first-order valence-electron chi connectivity index (χ1n) is 5.50. The van der Waals surface area contributed by atoms with Crippen molar-refractivity contribution < 1.29 is 9.47 Å². The Hall–Kier alpha value is 0.620. The lowest BCUT2D eigenvalue weighted by Gasteiger charge is -2.32. The highest BCUT2D eigenvalue weighted by Crippen LogP contribution is 2.44. The molecule has 0 saturated heterocycles. The SMILES string of the molecule is COC(SSC(OC)C(C)(C)C)C(C)(C)C. The molecule has 0 saturated carbocycles. The summed E-state index contributed by atoms with van der Waals surface area (Å²) in [5, 5.41) is 0. The molecule has 0 aromatic carbocycles. The van der Waals surface area contributed by atoms with Gasteiger partial charge in [0.25, 0.3) is 0 Å². The zero-order valence-corrected chi connectivity index (χ0v) is 13.4. The molecule has 0 spiro atoms. The lowest BCUT2D eigenvalue weighted by Crippen LogP contribution is -2.27. The molecule has 0 amide bonds. The van der Waals surface area contributed by atoms with Crippen LogP contribution in [0.25, 0.3) is 0 Å². The minimum absolute atomic E-state index is 0.141. The molecule has 2 atom stereocenters. The van der Waals surface area contributed by atoms with Crippen LogP contribution >= 0.6 is 21.6 Å². The number of hydrogen-bond acceptors (Lipinski definition) is 4. The van der Waals surface area contributed by atoms with Gasteiger partial charge in [-0.15, -0.1) is 0 Å². The summed E-state index contributed by atoms with van der Waals surface area (Å²) >= 11 is 0. The van der Waals surface area contributed by atoms with Gasteiger partial charge >= 0.3 is 0 Å². The van der Waals surface area contributed by atoms with E-state index in [1.54, 1.807) is 35.8 Å². The maximum Gasteiger partial charge on any atom is 0.117 e. The Morgan fingerprint density at radius 2 is 0.938 bits per heavy atom. The fourth-order valence-electron chi connectivity index (χ4n) is 1.18. The quantitative estimate of drug-likeness (QED) is 0.542. The molecule has 16 heavy (non-hydrogen) atoms. The Labute approximate surface area is 109 Å². The van der Waals surface area contributed by atoms with E-state index in [0.29, 0.717) is 0 Å². The van der Waals surface area contributed by atoms with Crippen LogP contribution in [0, 0.1) is 10.8 Å². The second-order valence-electron chi connectivity index (χ2n) is 6.06. The standard InChI is InChI=1S/C12H26O2S2/c1-11(2,3)9(13-7)15-16-10(14-8)12(4,5)6/h9-10H,1-8H3. The molecule has 0 aliphatic heterocycles. The highest BCUT2D eigenvalue weighted by molar-refractivity contribution is 8.77. The van der Waals surface area contributed by atoms with Crippen LogP contribution in [0.5, 0.6) is 0 Å². The molecule has 4 heteroatoms. The number of rotatable bonds is 5. The van der Waals surface area contributed by atoms with Crippen LogP contribution in [0.1, 0.15) is 41.5 Å². The molecule has 0 aromatic rings. The van der Waals surface area contributed by atoms with E-state index in [4.69, 9.17) is 9.47 Å². The van der Waals surface area contributed by atoms with Gasteiger partial charge in [-0.25, -0.2) is 0 Å². The first-order chi connectivity index (χ1) is 7.12. The van der Waals surface area contributed by atoms with E-state index in [-0.39, 0.29) is 21.7 Å². The van der Waals surface area contributed by atoms with Gasteiger partial charge in [-0.05, 0) is 10.8 Å². The van der Waals surface area contributed by atoms with Crippen molar-refractivity contribution in [3.8, 4) is 0 Å². The molecule has 0 rings (SSSR count). The molecule has 98 valence electrons. The van der Waals surface area contributed by atoms with E-state index in [2.05, 4.69) is 41.5 Å². The fourth-order valence-corrected chi connectivity index (χ4v) is 4.92. The minimum Gasteiger partial charge on any atom is -0.369 e. The lowest BCUT2D eigenvalue weighted by atomic mass is 9.98. The second-order valence-corrected chi connectivity index (χ2v) is 8.46. The van der Waals surface area contributed by atoms with Crippen LogP contribution in [0.4, 0.5) is 0 Å². The first-order valence-corrected chi connectivity index (χ1v) is 7.78. The van der Waals surface area contributed by atoms with Crippen molar-refractivity contribution in [1.82, 2.24) is 0 Å². The zero-order chi connectivity index (χ0) is 13.0. The van der Waals surface area contributed by atoms with E-state index in [1.165, 1.54) is 0 Å². The Bertz CT molecular complexity index is 172. The van der Waals surface area contributed by atoms with Crippen LogP contribution in [0.15, 0.2) is 0 Å². The van der Waals surface area contributed by atoms with Crippen LogP contribution in [-0.2, 0) is 9.47 Å². The molecular weight excluding hydrogens is 240 g/mol. The van der Waals surface area contributed by atoms with E-state index in [1.807, 2.05) is 0 Å². The highest BCUT2D eigenvalue weighted by Gasteiger charge is 2.30. The van der Waals surface area contributed by atoms with Crippen molar-refractivity contribution >= 4 is 21.6 Å². The van der Waals surface area contributed by atoms with Gasteiger partial charge in [0.15, 0.2) is 0 Å². The predicted molar refractivity (Wildman–Crippen MR) is 75.7 cm³/mol. The summed E-state index contributed by atoms with van der Waals surface area (Å²) in [6.07, 6.45) is 0. The predicted octanol–water partition coefficient (Wildman–Crippen LogP) is 4.41. The van der Waals surface area contributed by atoms with E-state index >= 15 is 0 Å². The van der Waals surface area contributed by atoms with Crippen molar-refractivity contribution in [2.24, 2.45) is 10.8 Å². The summed E-state index contributed by atoms with van der Waals surface area (Å²) in [6.45, 7) is 13.1. The molecule has 2 unspecified atom stereocenters. The minimum atomic E-state index is 0.141. The van der Waals surface area contributed by atoms with Crippen molar-refractivity contribution in [3.05, 3.63) is 0 Å². The first kappa shape index (κ1) is 16.6. The van der Waals surface area contributed by atoms with Gasteiger partial charge in [0.2, 0.25) is 0 Å². The monoisotopic (exact) mass is 266 g/mol. The smallest absolute Gasteiger partial charge is 0.117 e.